The number of rotatable bonds is 16. The third-order valence-electron chi connectivity index (χ3n) is 13.4. The molecule has 4 N–H and O–H groups in total. The average molecular weight is 1180 g/mol. The van der Waals surface area contributed by atoms with E-state index >= 15 is 0 Å². The molecule has 0 radical (unpaired) electrons. The third-order valence-corrected chi connectivity index (χ3v) is 24.8. The first-order valence-corrected chi connectivity index (χ1v) is 33.7. The second kappa shape index (κ2) is 24.4. The molecule has 4 atom stereocenters. The molecule has 0 spiro atoms. The summed E-state index contributed by atoms with van der Waals surface area (Å²) in [5, 5.41) is 13.7. The summed E-state index contributed by atoms with van der Waals surface area (Å²) < 4.78 is 147. The van der Waals surface area contributed by atoms with E-state index in [1.165, 1.54) is 60.7 Å². The van der Waals surface area contributed by atoms with Crippen LogP contribution in [0.2, 0.25) is 36.3 Å². The minimum absolute atomic E-state index is 0.0106. The number of halogens is 6. The van der Waals surface area contributed by atoms with Crippen molar-refractivity contribution in [1.29, 1.82) is 0 Å². The molecule has 27 heteroatoms. The Labute approximate surface area is 459 Å². The van der Waals surface area contributed by atoms with Crippen molar-refractivity contribution in [2.24, 2.45) is 0 Å². The van der Waals surface area contributed by atoms with Gasteiger partial charge in [0, 0.05) is 35.0 Å². The van der Waals surface area contributed by atoms with Crippen LogP contribution in [0.1, 0.15) is 88.8 Å². The quantitative estimate of drug-likeness (QED) is 0.0313. The van der Waals surface area contributed by atoms with Crippen molar-refractivity contribution >= 4 is 70.9 Å². The first kappa shape index (κ1) is 64.9. The predicted octanol–water partition coefficient (Wildman–Crippen LogP) is 12.6. The molecule has 1 heterocycles. The lowest BCUT2D eigenvalue weighted by Crippen LogP contribution is -2.55. The van der Waals surface area contributed by atoms with Crippen LogP contribution in [0.25, 0.3) is 21.1 Å². The molecule has 4 aromatic carbocycles. The maximum Gasteiger partial charge on any atom is 0.407 e. The molecule has 0 saturated carbocycles. The molecule has 5 rings (SSSR count). The lowest BCUT2D eigenvalue weighted by atomic mass is 10.1. The van der Waals surface area contributed by atoms with Crippen LogP contribution in [0.4, 0.5) is 49.1 Å². The van der Waals surface area contributed by atoms with E-state index in [1.807, 2.05) is 33.9 Å². The SMILES string of the molecule is [C-]#[N+]c1ccc(N[C@@H](C(=O)NNC(=O)c2ccc(S(C)(=O)=O)cc2)[C@@H](C)O[Si](C)(C)C(C)(C)C)cc1C(F)(F)F.[C-]#[N+]c1ccc(N[C@@H](c2nnc(-c3ccc(S(C)(=O)=O)cc3)o2)[C@@H](C)O[Si](C)(C)C(C)(C)C)cc1C(F)(F)F. The van der Waals surface area contributed by atoms with Crippen LogP contribution in [-0.4, -0.2) is 86.2 Å². The number of aromatic nitrogens is 2. The van der Waals surface area contributed by atoms with Gasteiger partial charge in [0.2, 0.25) is 11.8 Å². The van der Waals surface area contributed by atoms with Crippen molar-refractivity contribution in [2.75, 3.05) is 23.1 Å². The number of anilines is 2. The molecule has 0 unspecified atom stereocenters. The van der Waals surface area contributed by atoms with E-state index in [0.717, 1.165) is 36.8 Å². The van der Waals surface area contributed by atoms with Gasteiger partial charge >= 0.3 is 12.4 Å². The molecule has 5 aromatic rings. The number of sulfone groups is 2. The highest BCUT2D eigenvalue weighted by molar-refractivity contribution is 7.91. The summed E-state index contributed by atoms with van der Waals surface area (Å²) in [5.74, 6) is -1.36. The largest absolute Gasteiger partial charge is 0.418 e. The van der Waals surface area contributed by atoms with E-state index in [9.17, 15) is 52.8 Å². The number of amides is 2. The Morgan fingerprint density at radius 2 is 1.04 bits per heavy atom. The topological polar surface area (TPSA) is 217 Å². The molecule has 79 heavy (non-hydrogen) atoms. The number of hydrazine groups is 1. The Kier molecular flexibility index (Phi) is 20.0. The van der Waals surface area contributed by atoms with Crippen molar-refractivity contribution in [3.8, 4) is 11.5 Å². The van der Waals surface area contributed by atoms with E-state index in [0.29, 0.717) is 5.56 Å². The summed E-state index contributed by atoms with van der Waals surface area (Å²) in [5.41, 5.74) is 1.75. The Hall–Kier alpha value is -6.63. The Morgan fingerprint density at radius 1 is 0.620 bits per heavy atom. The van der Waals surface area contributed by atoms with Crippen molar-refractivity contribution in [3.63, 3.8) is 0 Å². The fourth-order valence-corrected chi connectivity index (χ4v) is 11.0. The molecular formula is C52H64F6N8O9S2Si2. The second-order valence-electron chi connectivity index (χ2n) is 21.6. The minimum Gasteiger partial charge on any atom is -0.418 e. The van der Waals surface area contributed by atoms with Gasteiger partial charge in [0.05, 0.1) is 46.3 Å². The zero-order valence-electron chi connectivity index (χ0n) is 45.9. The summed E-state index contributed by atoms with van der Waals surface area (Å²) in [6, 6.07) is 15.2. The zero-order chi connectivity index (χ0) is 60.1. The molecule has 0 aliphatic carbocycles. The summed E-state index contributed by atoms with van der Waals surface area (Å²) in [6.45, 7) is 37.7. The molecule has 2 amide bonds. The molecule has 0 aliphatic rings. The smallest absolute Gasteiger partial charge is 0.407 e. The van der Waals surface area contributed by atoms with Gasteiger partial charge in [-0.05, 0) is 123 Å². The maximum atomic E-state index is 13.6. The normalized spacial score (nSPS) is 14.3. The predicted molar refractivity (Wildman–Crippen MR) is 293 cm³/mol. The fourth-order valence-electron chi connectivity index (χ4n) is 6.90. The molecule has 0 saturated heterocycles. The van der Waals surface area contributed by atoms with Crippen LogP contribution in [0.3, 0.4) is 0 Å². The van der Waals surface area contributed by atoms with Crippen LogP contribution in [0, 0.1) is 13.1 Å². The van der Waals surface area contributed by atoms with E-state index < -0.39 is 107 Å². The van der Waals surface area contributed by atoms with Crippen molar-refractivity contribution in [2.45, 2.75) is 138 Å². The molecule has 0 aliphatic heterocycles. The monoisotopic (exact) mass is 1180 g/mol. The highest BCUT2D eigenvalue weighted by Gasteiger charge is 2.43. The number of hydrogen-bond donors (Lipinski definition) is 4. The van der Waals surface area contributed by atoms with Gasteiger partial charge in [-0.2, -0.15) is 26.3 Å². The van der Waals surface area contributed by atoms with Gasteiger partial charge in [-0.1, -0.05) is 53.7 Å². The minimum atomic E-state index is -4.79. The van der Waals surface area contributed by atoms with Gasteiger partial charge in [-0.15, -0.1) is 10.2 Å². The van der Waals surface area contributed by atoms with Gasteiger partial charge < -0.3 is 23.9 Å². The number of nitrogens with zero attached hydrogens (tertiary/aromatic N) is 4. The Morgan fingerprint density at radius 3 is 1.44 bits per heavy atom. The summed E-state index contributed by atoms with van der Waals surface area (Å²) in [7, 11) is -11.6. The van der Waals surface area contributed by atoms with E-state index in [4.69, 9.17) is 26.4 Å². The second-order valence-corrected chi connectivity index (χ2v) is 35.1. The number of carbonyl (C=O) groups is 2. The molecule has 17 nitrogen and oxygen atoms in total. The lowest BCUT2D eigenvalue weighted by Gasteiger charge is -2.40. The summed E-state index contributed by atoms with van der Waals surface area (Å²) in [4.78, 5) is 31.9. The number of carbonyl (C=O) groups excluding carboxylic acids is 2. The van der Waals surface area contributed by atoms with Gasteiger partial charge in [-0.3, -0.25) is 20.4 Å². The van der Waals surface area contributed by atoms with Crippen LogP contribution in [-0.2, 0) is 45.7 Å². The third kappa shape index (κ3) is 17.2. The fraction of sp³-hybridized carbons (Fsp3) is 0.423. The molecule has 1 aromatic heterocycles. The van der Waals surface area contributed by atoms with E-state index in [2.05, 4.69) is 75.2 Å². The Bertz CT molecular complexity index is 3310. The summed E-state index contributed by atoms with van der Waals surface area (Å²) in [6.07, 6.45) is -8.83. The zero-order valence-corrected chi connectivity index (χ0v) is 49.6. The van der Waals surface area contributed by atoms with Crippen LogP contribution < -0.4 is 21.5 Å². The molecule has 428 valence electrons. The van der Waals surface area contributed by atoms with Crippen molar-refractivity contribution in [3.05, 3.63) is 130 Å². The van der Waals surface area contributed by atoms with Crippen LogP contribution >= 0.6 is 0 Å². The van der Waals surface area contributed by atoms with E-state index in [1.54, 1.807) is 13.8 Å². The number of alkyl halides is 6. The maximum absolute atomic E-state index is 13.6. The van der Waals surface area contributed by atoms with Crippen LogP contribution in [0.5, 0.6) is 0 Å². The Balaban J connectivity index is 0.000000341. The lowest BCUT2D eigenvalue weighted by molar-refractivity contribution is -0.137. The standard InChI is InChI=1S/C26H33F3N4O5SSi.C26H31F3N4O4SSi/c1-16(38-40(7,8)25(2,3)4)22(31-18-11-14-21(30-5)20(15-18)26(27,28)29)24(35)33-32-23(34)17-9-12-19(13-10-17)39(6,36)37;1-16(37-39(7,8)25(2,3)4)22(31-18-11-14-21(30-5)20(15-18)26(27,28)29)24-33-32-23(36-24)17-9-12-19(13-10-17)38(6,34)35/h9-16,22,31H,1-4,6-8H3,(H,32,34)(H,33,35);9-16,22,31H,1-4,6-8H3/t2*16-,22-/m11/s1. The van der Waals surface area contributed by atoms with Gasteiger partial charge in [0.15, 0.2) is 47.7 Å². The van der Waals surface area contributed by atoms with Crippen molar-refractivity contribution < 1.29 is 66.0 Å². The number of hydrogen-bond acceptors (Lipinski definition) is 13. The summed E-state index contributed by atoms with van der Waals surface area (Å²) >= 11 is 0. The van der Waals surface area contributed by atoms with Crippen molar-refractivity contribution in [1.82, 2.24) is 21.0 Å². The molecule has 0 fully saturated rings. The highest BCUT2D eigenvalue weighted by atomic mass is 32.2. The van der Waals surface area contributed by atoms with Crippen LogP contribution in [0.15, 0.2) is 99.1 Å². The molecular weight excluding hydrogens is 1110 g/mol. The first-order chi connectivity index (χ1) is 36.0. The average Bonchev–Trinajstić information content (AvgIpc) is 3.82. The number of nitrogens with one attached hydrogen (secondary N) is 4. The van der Waals surface area contributed by atoms with Gasteiger partial charge in [0.1, 0.15) is 12.1 Å². The first-order valence-electron chi connectivity index (χ1n) is 24.1. The molecule has 0 bridgehead atoms. The van der Waals surface area contributed by atoms with Gasteiger partial charge in [0.25, 0.3) is 11.8 Å². The van der Waals surface area contributed by atoms with Gasteiger partial charge in [-0.25, -0.2) is 26.5 Å². The highest BCUT2D eigenvalue weighted by Crippen LogP contribution is 2.43. The van der Waals surface area contributed by atoms with E-state index in [-0.39, 0.29) is 48.6 Å². The number of benzene rings is 4.